The summed E-state index contributed by atoms with van der Waals surface area (Å²) >= 11 is 0. The first-order valence-corrected chi connectivity index (χ1v) is 8.81. The number of nitrogens with one attached hydrogen (secondary N) is 2. The minimum Gasteiger partial charge on any atom is -0.391 e. The second-order valence-electron chi connectivity index (χ2n) is 7.15. The van der Waals surface area contributed by atoms with E-state index < -0.39 is 0 Å². The standard InChI is InChI=1S/C17H28N4O2/c1-10(2)13-9-16(18-11-5-3-7-14(11)22)21-17(20-13)19-12-6-4-8-15(12)23/h9-12,14-15,22-23H,3-8H2,1-2H3,(H2,18,19,20,21). The Bertz CT molecular complexity index is 497. The molecule has 0 spiro atoms. The van der Waals surface area contributed by atoms with Crippen LogP contribution in [0.2, 0.25) is 0 Å². The Morgan fingerprint density at radius 1 is 0.957 bits per heavy atom. The molecule has 0 aliphatic heterocycles. The summed E-state index contributed by atoms with van der Waals surface area (Å²) in [6.07, 6.45) is 5.03. The fourth-order valence-electron chi connectivity index (χ4n) is 3.47. The van der Waals surface area contributed by atoms with Crippen molar-refractivity contribution < 1.29 is 10.2 Å². The van der Waals surface area contributed by atoms with Crippen LogP contribution in [0.5, 0.6) is 0 Å². The lowest BCUT2D eigenvalue weighted by Gasteiger charge is -2.21. The van der Waals surface area contributed by atoms with Gasteiger partial charge in [-0.1, -0.05) is 13.8 Å². The molecule has 6 heteroatoms. The van der Waals surface area contributed by atoms with E-state index in [0.29, 0.717) is 11.9 Å². The van der Waals surface area contributed by atoms with E-state index in [4.69, 9.17) is 0 Å². The van der Waals surface area contributed by atoms with Gasteiger partial charge in [0.25, 0.3) is 0 Å². The molecule has 0 saturated heterocycles. The molecule has 1 heterocycles. The Balaban J connectivity index is 1.78. The van der Waals surface area contributed by atoms with Crippen molar-refractivity contribution in [1.82, 2.24) is 9.97 Å². The van der Waals surface area contributed by atoms with Gasteiger partial charge >= 0.3 is 0 Å². The lowest BCUT2D eigenvalue weighted by Crippen LogP contribution is -2.30. The van der Waals surface area contributed by atoms with Crippen molar-refractivity contribution in [3.8, 4) is 0 Å². The molecule has 4 unspecified atom stereocenters. The number of hydrogen-bond acceptors (Lipinski definition) is 6. The quantitative estimate of drug-likeness (QED) is 0.665. The highest BCUT2D eigenvalue weighted by Gasteiger charge is 2.27. The Morgan fingerprint density at radius 2 is 1.57 bits per heavy atom. The maximum absolute atomic E-state index is 10.0. The van der Waals surface area contributed by atoms with Gasteiger partial charge in [-0.2, -0.15) is 4.98 Å². The van der Waals surface area contributed by atoms with Crippen LogP contribution in [0.1, 0.15) is 64.0 Å². The molecule has 23 heavy (non-hydrogen) atoms. The van der Waals surface area contributed by atoms with Gasteiger partial charge in [0.15, 0.2) is 0 Å². The molecule has 0 bridgehead atoms. The van der Waals surface area contributed by atoms with Gasteiger partial charge in [0.1, 0.15) is 5.82 Å². The minimum absolute atomic E-state index is 0.0299. The summed E-state index contributed by atoms with van der Waals surface area (Å²) in [6, 6.07) is 2.06. The summed E-state index contributed by atoms with van der Waals surface area (Å²) in [5, 5.41) is 26.7. The molecule has 6 nitrogen and oxygen atoms in total. The molecule has 128 valence electrons. The number of aliphatic hydroxyl groups is 2. The monoisotopic (exact) mass is 320 g/mol. The molecular weight excluding hydrogens is 292 g/mol. The van der Waals surface area contributed by atoms with Crippen LogP contribution in [-0.4, -0.2) is 44.5 Å². The summed E-state index contributed by atoms with van der Waals surface area (Å²) in [7, 11) is 0. The van der Waals surface area contributed by atoms with Gasteiger partial charge in [0.2, 0.25) is 5.95 Å². The lowest BCUT2D eigenvalue weighted by atomic mass is 10.1. The number of anilines is 2. The topological polar surface area (TPSA) is 90.3 Å². The van der Waals surface area contributed by atoms with Gasteiger partial charge < -0.3 is 20.8 Å². The van der Waals surface area contributed by atoms with E-state index in [1.165, 1.54) is 0 Å². The predicted molar refractivity (Wildman–Crippen MR) is 90.7 cm³/mol. The van der Waals surface area contributed by atoms with E-state index in [1.807, 2.05) is 6.07 Å². The van der Waals surface area contributed by atoms with Gasteiger partial charge in [-0.25, -0.2) is 4.98 Å². The van der Waals surface area contributed by atoms with Crippen LogP contribution in [0.15, 0.2) is 6.07 Å². The zero-order valence-corrected chi connectivity index (χ0v) is 14.0. The van der Waals surface area contributed by atoms with Gasteiger partial charge in [0, 0.05) is 6.07 Å². The first-order chi connectivity index (χ1) is 11.0. The third-order valence-corrected chi connectivity index (χ3v) is 4.94. The van der Waals surface area contributed by atoms with Gasteiger partial charge in [-0.05, 0) is 44.4 Å². The van der Waals surface area contributed by atoms with E-state index in [-0.39, 0.29) is 24.3 Å². The first kappa shape index (κ1) is 16.5. The van der Waals surface area contributed by atoms with Crippen LogP contribution in [0.4, 0.5) is 11.8 Å². The van der Waals surface area contributed by atoms with E-state index in [0.717, 1.165) is 50.0 Å². The predicted octanol–water partition coefficient (Wildman–Crippen LogP) is 2.25. The summed E-state index contributed by atoms with van der Waals surface area (Å²) in [5.41, 5.74) is 0.963. The van der Waals surface area contributed by atoms with Crippen molar-refractivity contribution in [1.29, 1.82) is 0 Å². The van der Waals surface area contributed by atoms with Crippen LogP contribution < -0.4 is 10.6 Å². The maximum Gasteiger partial charge on any atom is 0.225 e. The van der Waals surface area contributed by atoms with Gasteiger partial charge in [0.05, 0.1) is 30.0 Å². The highest BCUT2D eigenvalue weighted by atomic mass is 16.3. The molecule has 2 aliphatic carbocycles. The SMILES string of the molecule is CC(C)c1cc(NC2CCCC2O)nc(NC2CCCC2O)n1. The average Bonchev–Trinajstić information content (AvgIpc) is 3.08. The third-order valence-electron chi connectivity index (χ3n) is 4.94. The molecule has 4 atom stereocenters. The number of aromatic nitrogens is 2. The highest BCUT2D eigenvalue weighted by molar-refractivity contribution is 5.45. The van der Waals surface area contributed by atoms with E-state index in [2.05, 4.69) is 34.4 Å². The zero-order valence-electron chi connectivity index (χ0n) is 14.0. The molecule has 1 aromatic rings. The normalized spacial score (nSPS) is 30.8. The molecule has 4 N–H and O–H groups in total. The largest absolute Gasteiger partial charge is 0.391 e. The van der Waals surface area contributed by atoms with Crippen molar-refractivity contribution in [3.63, 3.8) is 0 Å². The van der Waals surface area contributed by atoms with Crippen LogP contribution in [0, 0.1) is 0 Å². The minimum atomic E-state index is -0.325. The smallest absolute Gasteiger partial charge is 0.225 e. The average molecular weight is 320 g/mol. The number of hydrogen-bond donors (Lipinski definition) is 4. The molecule has 2 saturated carbocycles. The molecule has 3 rings (SSSR count). The van der Waals surface area contributed by atoms with Crippen LogP contribution in [0.25, 0.3) is 0 Å². The Kier molecular flexibility index (Phi) is 5.02. The van der Waals surface area contributed by atoms with Crippen LogP contribution in [-0.2, 0) is 0 Å². The van der Waals surface area contributed by atoms with Crippen molar-refractivity contribution in [3.05, 3.63) is 11.8 Å². The number of aliphatic hydroxyl groups excluding tert-OH is 2. The molecule has 2 fully saturated rings. The lowest BCUT2D eigenvalue weighted by molar-refractivity contribution is 0.171. The highest BCUT2D eigenvalue weighted by Crippen LogP contribution is 2.26. The number of nitrogens with zero attached hydrogens (tertiary/aromatic N) is 2. The third kappa shape index (κ3) is 3.93. The summed E-state index contributed by atoms with van der Waals surface area (Å²) < 4.78 is 0. The fraction of sp³-hybridized carbons (Fsp3) is 0.765. The Labute approximate surface area is 137 Å². The van der Waals surface area contributed by atoms with Crippen molar-refractivity contribution in [2.24, 2.45) is 0 Å². The molecule has 1 aromatic heterocycles. The Hall–Kier alpha value is -1.40. The molecule has 0 amide bonds. The van der Waals surface area contributed by atoms with E-state index >= 15 is 0 Å². The zero-order chi connectivity index (χ0) is 16.4. The summed E-state index contributed by atoms with van der Waals surface area (Å²) in [6.45, 7) is 4.20. The molecule has 0 radical (unpaired) electrons. The van der Waals surface area contributed by atoms with Crippen molar-refractivity contribution >= 4 is 11.8 Å². The van der Waals surface area contributed by atoms with Crippen molar-refractivity contribution in [2.75, 3.05) is 10.6 Å². The summed E-state index contributed by atoms with van der Waals surface area (Å²) in [5.74, 6) is 1.61. The second-order valence-corrected chi connectivity index (χ2v) is 7.15. The molecular formula is C17H28N4O2. The van der Waals surface area contributed by atoms with E-state index in [1.54, 1.807) is 0 Å². The molecule has 2 aliphatic rings. The van der Waals surface area contributed by atoms with Crippen LogP contribution in [0.3, 0.4) is 0 Å². The fourth-order valence-corrected chi connectivity index (χ4v) is 3.47. The maximum atomic E-state index is 10.0. The van der Waals surface area contributed by atoms with Gasteiger partial charge in [-0.3, -0.25) is 0 Å². The van der Waals surface area contributed by atoms with E-state index in [9.17, 15) is 10.2 Å². The summed E-state index contributed by atoms with van der Waals surface area (Å²) in [4.78, 5) is 9.14. The Morgan fingerprint density at radius 3 is 2.09 bits per heavy atom. The van der Waals surface area contributed by atoms with Crippen LogP contribution >= 0.6 is 0 Å². The molecule has 0 aromatic carbocycles. The first-order valence-electron chi connectivity index (χ1n) is 8.81. The second kappa shape index (κ2) is 7.01. The van der Waals surface area contributed by atoms with Crippen molar-refractivity contribution in [2.45, 2.75) is 82.6 Å². The van der Waals surface area contributed by atoms with Gasteiger partial charge in [-0.15, -0.1) is 0 Å². The number of rotatable bonds is 5.